The van der Waals surface area contributed by atoms with Gasteiger partial charge in [-0.3, -0.25) is 4.90 Å². The summed E-state index contributed by atoms with van der Waals surface area (Å²) in [6.07, 6.45) is -0.319. The second-order valence-corrected chi connectivity index (χ2v) is 4.85. The predicted molar refractivity (Wildman–Crippen MR) is 64.6 cm³/mol. The van der Waals surface area contributed by atoms with E-state index in [9.17, 15) is 20.4 Å². The zero-order valence-electron chi connectivity index (χ0n) is 10.7. The third-order valence-corrected chi connectivity index (χ3v) is 3.71. The SMILES string of the molecule is CCCC(CC)N1C[C@H](O)[C@@H](O)[C@H](O)[C@@H]1CO. The van der Waals surface area contributed by atoms with Crippen molar-refractivity contribution in [2.24, 2.45) is 0 Å². The molecular formula is C12H25NO4. The summed E-state index contributed by atoms with van der Waals surface area (Å²) in [4.78, 5) is 1.94. The van der Waals surface area contributed by atoms with Crippen LogP contribution in [0.2, 0.25) is 0 Å². The molecule has 17 heavy (non-hydrogen) atoms. The number of aliphatic hydroxyl groups is 4. The standard InChI is InChI=1S/C12H25NO4/c1-3-5-8(4-2)13-6-10(15)12(17)11(16)9(13)7-14/h8-12,14-17H,3-7H2,1-2H3/t8?,9-,10-,11+,12+/m0/s1. The maximum absolute atomic E-state index is 9.88. The van der Waals surface area contributed by atoms with Crippen LogP contribution in [0.1, 0.15) is 33.1 Å². The minimum Gasteiger partial charge on any atom is -0.395 e. The molecule has 0 aliphatic carbocycles. The van der Waals surface area contributed by atoms with Crippen LogP contribution >= 0.6 is 0 Å². The zero-order valence-corrected chi connectivity index (χ0v) is 10.7. The Kier molecular flexibility index (Phi) is 5.82. The summed E-state index contributed by atoms with van der Waals surface area (Å²) < 4.78 is 0. The summed E-state index contributed by atoms with van der Waals surface area (Å²) in [6, 6.07) is -0.251. The van der Waals surface area contributed by atoms with Crippen LogP contribution in [-0.4, -0.2) is 68.9 Å². The van der Waals surface area contributed by atoms with Crippen molar-refractivity contribution in [3.63, 3.8) is 0 Å². The molecule has 0 saturated carbocycles. The van der Waals surface area contributed by atoms with Gasteiger partial charge in [0, 0.05) is 12.6 Å². The highest BCUT2D eigenvalue weighted by atomic mass is 16.4. The van der Waals surface area contributed by atoms with Gasteiger partial charge in [0.1, 0.15) is 12.2 Å². The van der Waals surface area contributed by atoms with Gasteiger partial charge in [0.2, 0.25) is 0 Å². The van der Waals surface area contributed by atoms with Crippen molar-refractivity contribution in [3.8, 4) is 0 Å². The van der Waals surface area contributed by atoms with Crippen molar-refractivity contribution in [1.29, 1.82) is 0 Å². The molecule has 0 aromatic heterocycles. The number of rotatable bonds is 5. The molecule has 0 aromatic carbocycles. The quantitative estimate of drug-likeness (QED) is 0.517. The lowest BCUT2D eigenvalue weighted by molar-refractivity contribution is -0.155. The highest BCUT2D eigenvalue weighted by Gasteiger charge is 2.42. The first-order valence-electron chi connectivity index (χ1n) is 6.47. The Balaban J connectivity index is 2.80. The van der Waals surface area contributed by atoms with Crippen molar-refractivity contribution in [2.45, 2.75) is 63.5 Å². The van der Waals surface area contributed by atoms with Crippen molar-refractivity contribution in [3.05, 3.63) is 0 Å². The zero-order chi connectivity index (χ0) is 13.0. The molecule has 0 radical (unpaired) electrons. The average molecular weight is 247 g/mol. The van der Waals surface area contributed by atoms with Gasteiger partial charge in [-0.15, -0.1) is 0 Å². The Labute approximate surface area is 103 Å². The number of nitrogens with zero attached hydrogens (tertiary/aromatic N) is 1. The smallest absolute Gasteiger partial charge is 0.109 e. The number of likely N-dealkylation sites (tertiary alicyclic amines) is 1. The lowest BCUT2D eigenvalue weighted by Gasteiger charge is -2.46. The Morgan fingerprint density at radius 3 is 2.29 bits per heavy atom. The average Bonchev–Trinajstić information content (AvgIpc) is 2.33. The van der Waals surface area contributed by atoms with E-state index in [1.165, 1.54) is 0 Å². The van der Waals surface area contributed by atoms with E-state index in [0.29, 0.717) is 6.54 Å². The molecule has 5 heteroatoms. The van der Waals surface area contributed by atoms with E-state index in [1.54, 1.807) is 0 Å². The second-order valence-electron chi connectivity index (χ2n) is 4.85. The molecule has 1 heterocycles. The van der Waals surface area contributed by atoms with Gasteiger partial charge in [0.15, 0.2) is 0 Å². The molecule has 1 fully saturated rings. The molecule has 1 saturated heterocycles. The van der Waals surface area contributed by atoms with Crippen LogP contribution < -0.4 is 0 Å². The van der Waals surface area contributed by atoms with Gasteiger partial charge in [0.25, 0.3) is 0 Å². The highest BCUT2D eigenvalue weighted by molar-refractivity contribution is 4.96. The number of hydrogen-bond donors (Lipinski definition) is 4. The van der Waals surface area contributed by atoms with Crippen LogP contribution in [0, 0.1) is 0 Å². The lowest BCUT2D eigenvalue weighted by Crippen LogP contribution is -2.64. The molecule has 0 bridgehead atoms. The van der Waals surface area contributed by atoms with Crippen LogP contribution in [0.3, 0.4) is 0 Å². The molecule has 0 aromatic rings. The summed E-state index contributed by atoms with van der Waals surface area (Å²) >= 11 is 0. The third kappa shape index (κ3) is 3.17. The van der Waals surface area contributed by atoms with Crippen LogP contribution in [0.4, 0.5) is 0 Å². The summed E-state index contributed by atoms with van der Waals surface area (Å²) in [5, 5.41) is 38.6. The van der Waals surface area contributed by atoms with E-state index in [-0.39, 0.29) is 12.6 Å². The largest absolute Gasteiger partial charge is 0.395 e. The van der Waals surface area contributed by atoms with Gasteiger partial charge in [-0.05, 0) is 12.8 Å². The molecule has 5 nitrogen and oxygen atoms in total. The summed E-state index contributed by atoms with van der Waals surface area (Å²) in [6.45, 7) is 4.24. The minimum atomic E-state index is -1.16. The second kappa shape index (κ2) is 6.66. The first kappa shape index (κ1) is 14.9. The third-order valence-electron chi connectivity index (χ3n) is 3.71. The van der Waals surface area contributed by atoms with Crippen LogP contribution in [-0.2, 0) is 0 Å². The fraction of sp³-hybridized carbons (Fsp3) is 1.00. The monoisotopic (exact) mass is 247 g/mol. The van der Waals surface area contributed by atoms with Crippen molar-refractivity contribution >= 4 is 0 Å². The van der Waals surface area contributed by atoms with Gasteiger partial charge < -0.3 is 20.4 Å². The molecule has 1 aliphatic heterocycles. The molecule has 4 N–H and O–H groups in total. The van der Waals surface area contributed by atoms with Crippen molar-refractivity contribution in [2.75, 3.05) is 13.2 Å². The number of aliphatic hydroxyl groups excluding tert-OH is 4. The minimum absolute atomic E-state index is 0.203. The number of hydrogen-bond acceptors (Lipinski definition) is 5. The predicted octanol–water partition coefficient (Wildman–Crippen LogP) is -0.676. The Bertz CT molecular complexity index is 227. The van der Waals surface area contributed by atoms with Crippen LogP contribution in [0.5, 0.6) is 0 Å². The Hall–Kier alpha value is -0.200. The maximum Gasteiger partial charge on any atom is 0.109 e. The van der Waals surface area contributed by atoms with E-state index < -0.39 is 24.4 Å². The molecule has 0 spiro atoms. The number of β-amino-alcohol motifs (C(OH)–C–C–N with tert-alkyl or cyclic N) is 1. The van der Waals surface area contributed by atoms with Crippen molar-refractivity contribution < 1.29 is 20.4 Å². The topological polar surface area (TPSA) is 84.2 Å². The van der Waals surface area contributed by atoms with Gasteiger partial charge in [0.05, 0.1) is 18.8 Å². The molecule has 1 unspecified atom stereocenters. The molecule has 1 aliphatic rings. The maximum atomic E-state index is 9.88. The van der Waals surface area contributed by atoms with Crippen molar-refractivity contribution in [1.82, 2.24) is 4.90 Å². The lowest BCUT2D eigenvalue weighted by atomic mass is 9.91. The van der Waals surface area contributed by atoms with Gasteiger partial charge in [-0.1, -0.05) is 20.3 Å². The van der Waals surface area contributed by atoms with E-state index in [1.807, 2.05) is 4.90 Å². The first-order valence-corrected chi connectivity index (χ1v) is 6.47. The molecular weight excluding hydrogens is 222 g/mol. The Morgan fingerprint density at radius 2 is 1.82 bits per heavy atom. The molecule has 1 rings (SSSR count). The van der Waals surface area contributed by atoms with Gasteiger partial charge >= 0.3 is 0 Å². The van der Waals surface area contributed by atoms with E-state index in [0.717, 1.165) is 19.3 Å². The van der Waals surface area contributed by atoms with Gasteiger partial charge in [-0.25, -0.2) is 0 Å². The molecule has 102 valence electrons. The summed E-state index contributed by atoms with van der Waals surface area (Å²) in [5.41, 5.74) is 0. The van der Waals surface area contributed by atoms with E-state index >= 15 is 0 Å². The van der Waals surface area contributed by atoms with Crippen LogP contribution in [0.15, 0.2) is 0 Å². The highest BCUT2D eigenvalue weighted by Crippen LogP contribution is 2.24. The molecule has 0 amide bonds. The number of piperidine rings is 1. The van der Waals surface area contributed by atoms with Crippen LogP contribution in [0.25, 0.3) is 0 Å². The fourth-order valence-electron chi connectivity index (χ4n) is 2.68. The van der Waals surface area contributed by atoms with Gasteiger partial charge in [-0.2, -0.15) is 0 Å². The van der Waals surface area contributed by atoms with E-state index in [2.05, 4.69) is 13.8 Å². The summed E-state index contributed by atoms with van der Waals surface area (Å²) in [5.74, 6) is 0. The Morgan fingerprint density at radius 1 is 1.18 bits per heavy atom. The first-order chi connectivity index (χ1) is 8.06. The normalized spacial score (nSPS) is 37.1. The van der Waals surface area contributed by atoms with E-state index in [4.69, 9.17) is 0 Å². The molecule has 5 atom stereocenters. The fourth-order valence-corrected chi connectivity index (χ4v) is 2.68. The summed E-state index contributed by atoms with van der Waals surface area (Å²) in [7, 11) is 0.